The standard InChI is InChI=1S/C7H14O2.C5H10.C4H6O2/c8-5-7(6-9)3-1-2-4-7;1-2-4-5-3-1;1-3(2)4(5)6/h8-9H,1-6H2;1-5H2;1H2,2H3,(H,5,6). The summed E-state index contributed by atoms with van der Waals surface area (Å²) in [5.41, 5.74) is 0.0648. The monoisotopic (exact) mass is 286 g/mol. The first-order valence-electron chi connectivity index (χ1n) is 7.58. The van der Waals surface area contributed by atoms with Crippen LogP contribution in [0.1, 0.15) is 64.7 Å². The number of hydrogen-bond donors (Lipinski definition) is 3. The molecule has 0 unspecified atom stereocenters. The van der Waals surface area contributed by atoms with Gasteiger partial charge in [0.25, 0.3) is 0 Å². The zero-order chi connectivity index (χ0) is 15.4. The molecule has 0 spiro atoms. The van der Waals surface area contributed by atoms with Crippen LogP contribution in [0.4, 0.5) is 0 Å². The Bertz CT molecular complexity index is 251. The van der Waals surface area contributed by atoms with Crippen molar-refractivity contribution in [1.29, 1.82) is 0 Å². The van der Waals surface area contributed by atoms with E-state index in [1.54, 1.807) is 0 Å². The van der Waals surface area contributed by atoms with Crippen molar-refractivity contribution in [3.63, 3.8) is 0 Å². The van der Waals surface area contributed by atoms with Crippen molar-refractivity contribution >= 4 is 5.97 Å². The van der Waals surface area contributed by atoms with Crippen LogP contribution in [-0.2, 0) is 4.79 Å². The maximum Gasteiger partial charge on any atom is 0.330 e. The molecule has 0 bridgehead atoms. The highest BCUT2D eigenvalue weighted by Crippen LogP contribution is 2.36. The van der Waals surface area contributed by atoms with Crippen LogP contribution in [0.15, 0.2) is 12.2 Å². The Morgan fingerprint density at radius 3 is 1.40 bits per heavy atom. The summed E-state index contributed by atoms with van der Waals surface area (Å²) in [4.78, 5) is 9.60. The van der Waals surface area contributed by atoms with Crippen LogP contribution in [0.5, 0.6) is 0 Å². The summed E-state index contributed by atoms with van der Waals surface area (Å²) in [5, 5.41) is 25.6. The van der Waals surface area contributed by atoms with Crippen molar-refractivity contribution in [2.45, 2.75) is 64.7 Å². The Balaban J connectivity index is 0.000000287. The van der Waals surface area contributed by atoms with Crippen LogP contribution in [0.25, 0.3) is 0 Å². The lowest BCUT2D eigenvalue weighted by molar-refractivity contribution is -0.132. The number of hydrogen-bond acceptors (Lipinski definition) is 3. The van der Waals surface area contributed by atoms with E-state index in [2.05, 4.69) is 6.58 Å². The smallest absolute Gasteiger partial charge is 0.330 e. The van der Waals surface area contributed by atoms with Crippen molar-refractivity contribution < 1.29 is 20.1 Å². The molecule has 4 heteroatoms. The van der Waals surface area contributed by atoms with E-state index >= 15 is 0 Å². The van der Waals surface area contributed by atoms with Gasteiger partial charge in [-0.05, 0) is 19.8 Å². The minimum absolute atomic E-state index is 0.111. The number of aliphatic carboxylic acids is 1. The fourth-order valence-corrected chi connectivity index (χ4v) is 2.38. The molecule has 2 saturated carbocycles. The van der Waals surface area contributed by atoms with Gasteiger partial charge < -0.3 is 15.3 Å². The lowest BCUT2D eigenvalue weighted by Gasteiger charge is -2.22. The number of aliphatic hydroxyl groups is 2. The molecule has 0 saturated heterocycles. The zero-order valence-electron chi connectivity index (χ0n) is 12.7. The molecule has 0 amide bonds. The summed E-state index contributed by atoms with van der Waals surface area (Å²) in [6.07, 6.45) is 11.8. The van der Waals surface area contributed by atoms with Crippen LogP contribution in [0.3, 0.4) is 0 Å². The van der Waals surface area contributed by atoms with Gasteiger partial charge in [-0.2, -0.15) is 0 Å². The van der Waals surface area contributed by atoms with E-state index in [0.29, 0.717) is 0 Å². The van der Waals surface area contributed by atoms with E-state index in [-0.39, 0.29) is 24.2 Å². The Morgan fingerprint density at radius 2 is 1.25 bits per heavy atom. The van der Waals surface area contributed by atoms with Gasteiger partial charge in [0.15, 0.2) is 0 Å². The highest BCUT2D eigenvalue weighted by Gasteiger charge is 2.31. The molecule has 118 valence electrons. The van der Waals surface area contributed by atoms with E-state index in [4.69, 9.17) is 15.3 Å². The molecule has 0 radical (unpaired) electrons. The molecule has 0 atom stereocenters. The summed E-state index contributed by atoms with van der Waals surface area (Å²) in [5.74, 6) is -0.935. The van der Waals surface area contributed by atoms with Gasteiger partial charge in [-0.1, -0.05) is 51.5 Å². The summed E-state index contributed by atoms with van der Waals surface area (Å²) >= 11 is 0. The van der Waals surface area contributed by atoms with E-state index in [9.17, 15) is 4.79 Å². The summed E-state index contributed by atoms with van der Waals surface area (Å²) in [7, 11) is 0. The zero-order valence-corrected chi connectivity index (χ0v) is 12.7. The summed E-state index contributed by atoms with van der Waals surface area (Å²) in [6.45, 7) is 4.91. The highest BCUT2D eigenvalue weighted by molar-refractivity contribution is 5.84. The van der Waals surface area contributed by atoms with E-state index in [0.717, 1.165) is 12.8 Å². The SMILES string of the molecule is C1CCCC1.C=C(C)C(=O)O.OCC1(CO)CCCC1. The van der Waals surface area contributed by atoms with Crippen molar-refractivity contribution in [1.82, 2.24) is 0 Å². The maximum atomic E-state index is 9.60. The van der Waals surface area contributed by atoms with Crippen molar-refractivity contribution in [2.24, 2.45) is 5.41 Å². The predicted octanol–water partition coefficient (Wildman–Crippen LogP) is 3.13. The molecule has 0 aromatic carbocycles. The third-order valence-electron chi connectivity index (χ3n) is 3.95. The molecule has 0 aliphatic heterocycles. The molecular formula is C16H30O4. The fraction of sp³-hybridized carbons (Fsp3) is 0.812. The molecule has 2 aliphatic carbocycles. The molecule has 4 nitrogen and oxygen atoms in total. The van der Waals surface area contributed by atoms with Crippen LogP contribution >= 0.6 is 0 Å². The molecule has 0 aromatic heterocycles. The second-order valence-electron chi connectivity index (χ2n) is 5.88. The Morgan fingerprint density at radius 1 is 0.950 bits per heavy atom. The minimum Gasteiger partial charge on any atom is -0.478 e. The van der Waals surface area contributed by atoms with Crippen molar-refractivity contribution in [3.8, 4) is 0 Å². The summed E-state index contributed by atoms with van der Waals surface area (Å²) in [6, 6.07) is 0. The number of carboxylic acid groups (broad SMARTS) is 1. The lowest BCUT2D eigenvalue weighted by atomic mass is 9.89. The van der Waals surface area contributed by atoms with Gasteiger partial charge in [0.1, 0.15) is 0 Å². The average Bonchev–Trinajstić information content (AvgIpc) is 3.14. The molecule has 20 heavy (non-hydrogen) atoms. The topological polar surface area (TPSA) is 77.8 Å². The molecule has 0 heterocycles. The van der Waals surface area contributed by atoms with Gasteiger partial charge in [-0.3, -0.25) is 0 Å². The second kappa shape index (κ2) is 10.9. The van der Waals surface area contributed by atoms with Crippen LogP contribution in [0.2, 0.25) is 0 Å². The Labute approximate surface area is 122 Å². The van der Waals surface area contributed by atoms with E-state index < -0.39 is 5.97 Å². The largest absolute Gasteiger partial charge is 0.478 e. The number of rotatable bonds is 3. The van der Waals surface area contributed by atoms with Crippen LogP contribution < -0.4 is 0 Å². The van der Waals surface area contributed by atoms with Crippen LogP contribution in [0, 0.1) is 5.41 Å². The average molecular weight is 286 g/mol. The quantitative estimate of drug-likeness (QED) is 0.697. The summed E-state index contributed by atoms with van der Waals surface area (Å²) < 4.78 is 0. The normalized spacial score (nSPS) is 19.4. The van der Waals surface area contributed by atoms with Crippen molar-refractivity contribution in [3.05, 3.63) is 12.2 Å². The highest BCUT2D eigenvalue weighted by atomic mass is 16.4. The molecular weight excluding hydrogens is 256 g/mol. The van der Waals surface area contributed by atoms with Gasteiger partial charge in [-0.15, -0.1) is 0 Å². The van der Waals surface area contributed by atoms with Gasteiger partial charge in [0.05, 0.1) is 13.2 Å². The predicted molar refractivity (Wildman–Crippen MR) is 80.6 cm³/mol. The van der Waals surface area contributed by atoms with Gasteiger partial charge in [0.2, 0.25) is 0 Å². The Hall–Kier alpha value is -0.870. The van der Waals surface area contributed by atoms with Gasteiger partial charge in [-0.25, -0.2) is 4.79 Å². The minimum atomic E-state index is -0.935. The van der Waals surface area contributed by atoms with Gasteiger partial charge >= 0.3 is 5.97 Å². The van der Waals surface area contributed by atoms with E-state index in [1.165, 1.54) is 51.9 Å². The molecule has 0 aromatic rings. The van der Waals surface area contributed by atoms with Gasteiger partial charge in [0, 0.05) is 11.0 Å². The first kappa shape index (κ1) is 19.1. The number of carboxylic acids is 1. The van der Waals surface area contributed by atoms with E-state index in [1.807, 2.05) is 0 Å². The first-order valence-corrected chi connectivity index (χ1v) is 7.58. The molecule has 2 rings (SSSR count). The molecule has 3 N–H and O–H groups in total. The molecule has 2 fully saturated rings. The maximum absolute atomic E-state index is 9.60. The number of carbonyl (C=O) groups is 1. The number of aliphatic hydroxyl groups excluding tert-OH is 2. The van der Waals surface area contributed by atoms with Crippen molar-refractivity contribution in [2.75, 3.05) is 13.2 Å². The molecule has 2 aliphatic rings. The fourth-order valence-electron chi connectivity index (χ4n) is 2.38. The van der Waals surface area contributed by atoms with Crippen LogP contribution in [-0.4, -0.2) is 34.5 Å². The third-order valence-corrected chi connectivity index (χ3v) is 3.95. The Kier molecular flexibility index (Phi) is 10.4. The lowest BCUT2D eigenvalue weighted by Crippen LogP contribution is -2.25. The second-order valence-corrected chi connectivity index (χ2v) is 5.88. The first-order chi connectivity index (χ1) is 9.47. The third kappa shape index (κ3) is 8.33.